The number of hydrogen-bond acceptors (Lipinski definition) is 6. The van der Waals surface area contributed by atoms with E-state index in [1.165, 1.54) is 17.7 Å². The van der Waals surface area contributed by atoms with Gasteiger partial charge in [0.1, 0.15) is 5.82 Å². The molecule has 0 atom stereocenters. The number of aryl methyl sites for hydroxylation is 2. The van der Waals surface area contributed by atoms with E-state index in [0.29, 0.717) is 37.6 Å². The van der Waals surface area contributed by atoms with Crippen LogP contribution < -0.4 is 15.1 Å². The number of ether oxygens (including phenoxy) is 1. The Morgan fingerprint density at radius 1 is 0.851 bits per heavy atom. The summed E-state index contributed by atoms with van der Waals surface area (Å²) in [6.07, 6.45) is 2.34. The lowest BCUT2D eigenvalue weighted by atomic mass is 9.87. The lowest BCUT2D eigenvalue weighted by molar-refractivity contribution is 0.341. The topological polar surface area (TPSA) is 108 Å². The molecule has 5 aromatic rings. The van der Waals surface area contributed by atoms with Crippen LogP contribution in [0.3, 0.4) is 0 Å². The van der Waals surface area contributed by atoms with Crippen LogP contribution in [0, 0.1) is 0 Å². The molecular weight excluding hydrogens is 611 g/mol. The van der Waals surface area contributed by atoms with E-state index >= 15 is 0 Å². The van der Waals surface area contributed by atoms with Crippen LogP contribution in [0.2, 0.25) is 0 Å². The Morgan fingerprint density at radius 2 is 1.53 bits per heavy atom. The van der Waals surface area contributed by atoms with Crippen molar-refractivity contribution in [3.8, 4) is 17.0 Å². The summed E-state index contributed by atoms with van der Waals surface area (Å²) in [6, 6.07) is 28.2. The van der Waals surface area contributed by atoms with Crippen molar-refractivity contribution in [2.24, 2.45) is 0 Å². The number of sulfonamides is 1. The Hall–Kier alpha value is -4.70. The second-order valence-corrected chi connectivity index (χ2v) is 14.2. The van der Waals surface area contributed by atoms with Crippen molar-refractivity contribution in [1.82, 2.24) is 19.3 Å². The molecule has 0 unspecified atom stereocenters. The molecule has 0 spiro atoms. The van der Waals surface area contributed by atoms with Crippen LogP contribution in [0.15, 0.2) is 101 Å². The first kappa shape index (κ1) is 33.7. The fourth-order valence-electron chi connectivity index (χ4n) is 5.41. The second kappa shape index (κ2) is 14.4. The third-order valence-corrected chi connectivity index (χ3v) is 9.38. The van der Waals surface area contributed by atoms with Crippen molar-refractivity contribution < 1.29 is 14.6 Å². The minimum Gasteiger partial charge on any atom is -0.490 e. The molecule has 2 aromatic heterocycles. The van der Waals surface area contributed by atoms with E-state index in [9.17, 15) is 13.2 Å². The number of benzene rings is 3. The largest absolute Gasteiger partial charge is 0.490 e. The lowest BCUT2D eigenvalue weighted by Gasteiger charge is -2.19. The summed E-state index contributed by atoms with van der Waals surface area (Å²) in [5.41, 5.74) is 4.92. The van der Waals surface area contributed by atoms with Crippen molar-refractivity contribution in [3.63, 3.8) is 0 Å². The fourth-order valence-corrected chi connectivity index (χ4v) is 6.44. The van der Waals surface area contributed by atoms with Gasteiger partial charge in [-0.25, -0.2) is 22.9 Å². The molecule has 9 nitrogen and oxygen atoms in total. The molecule has 248 valence electrons. The van der Waals surface area contributed by atoms with Gasteiger partial charge in [0.25, 0.3) is 10.0 Å². The van der Waals surface area contributed by atoms with Gasteiger partial charge in [-0.2, -0.15) is 5.10 Å². The molecule has 2 heterocycles. The molecule has 0 amide bonds. The molecule has 47 heavy (non-hydrogen) atoms. The average molecular weight is 656 g/mol. The van der Waals surface area contributed by atoms with Gasteiger partial charge in [0, 0.05) is 20.0 Å². The minimum atomic E-state index is -3.84. The highest BCUT2D eigenvalue weighted by molar-refractivity contribution is 7.92. The highest BCUT2D eigenvalue weighted by atomic mass is 32.2. The van der Waals surface area contributed by atoms with Crippen molar-refractivity contribution >= 4 is 15.8 Å². The zero-order chi connectivity index (χ0) is 33.6. The first-order chi connectivity index (χ1) is 22.5. The average Bonchev–Trinajstić information content (AvgIpc) is 3.35. The number of nitrogens with one attached hydrogen (secondary N) is 1. The Kier molecular flexibility index (Phi) is 10.3. The lowest BCUT2D eigenvalue weighted by Crippen LogP contribution is -2.25. The number of rotatable bonds is 13. The van der Waals surface area contributed by atoms with E-state index in [4.69, 9.17) is 9.84 Å². The number of hydrogen-bond donors (Lipinski definition) is 1. The van der Waals surface area contributed by atoms with Gasteiger partial charge in [-0.15, -0.1) is 0 Å². The summed E-state index contributed by atoms with van der Waals surface area (Å²) < 4.78 is 37.6. The van der Waals surface area contributed by atoms with Crippen molar-refractivity contribution in [1.29, 1.82) is 0 Å². The molecule has 0 aliphatic rings. The van der Waals surface area contributed by atoms with Crippen LogP contribution >= 0.6 is 0 Å². The second-order valence-electron chi connectivity index (χ2n) is 12.5. The molecule has 0 aliphatic carbocycles. The predicted octanol–water partition coefficient (Wildman–Crippen LogP) is 7.09. The van der Waals surface area contributed by atoms with Crippen LogP contribution in [-0.2, 0) is 41.4 Å². The number of aromatic nitrogens is 4. The smallest absolute Gasteiger partial charge is 0.346 e. The standard InChI is InChI=1S/C37H43N5O4S.H2/c1-6-41-34(39-42(36(41)43)26-28-18-22-30(23-19-28)37(3,4)5)15-11-12-27-16-20-29(21-17-27)32-24-25-33(46-7-2)35(38-32)40-47(44,45)31-13-9-8-10-14-31;/h8-10,13-14,16-25H,6-7,11-12,15,26H2,1-5H3,(H,38,40);1H. The molecule has 0 radical (unpaired) electrons. The van der Waals surface area contributed by atoms with Gasteiger partial charge in [-0.1, -0.05) is 87.5 Å². The summed E-state index contributed by atoms with van der Waals surface area (Å²) in [4.78, 5) is 17.9. The van der Waals surface area contributed by atoms with Crippen LogP contribution in [-0.4, -0.2) is 34.4 Å². The SMILES string of the molecule is CCOc1ccc(-c2ccc(CCCc3nn(Cc4ccc(C(C)(C)C)cc4)c(=O)n3CC)cc2)nc1NS(=O)(=O)c1ccccc1.[HH]. The fraction of sp³-hybridized carbons (Fsp3) is 0.324. The first-order valence-corrected chi connectivity index (χ1v) is 17.5. The molecular formula is C37H45N5O4S. The van der Waals surface area contributed by atoms with Crippen molar-refractivity contribution in [2.45, 2.75) is 77.3 Å². The van der Waals surface area contributed by atoms with Gasteiger partial charge in [0.15, 0.2) is 11.6 Å². The zero-order valence-corrected chi connectivity index (χ0v) is 28.5. The summed E-state index contributed by atoms with van der Waals surface area (Å²) in [5, 5.41) is 4.70. The first-order valence-electron chi connectivity index (χ1n) is 16.1. The van der Waals surface area contributed by atoms with Crippen LogP contribution in [0.1, 0.15) is 65.0 Å². The molecule has 0 saturated carbocycles. The van der Waals surface area contributed by atoms with E-state index in [2.05, 4.69) is 54.7 Å². The maximum Gasteiger partial charge on any atom is 0.346 e. The van der Waals surface area contributed by atoms with Gasteiger partial charge in [0.05, 0.1) is 23.7 Å². The third kappa shape index (κ3) is 8.18. The van der Waals surface area contributed by atoms with Crippen molar-refractivity contribution in [3.05, 3.63) is 124 Å². The van der Waals surface area contributed by atoms with Crippen molar-refractivity contribution in [2.75, 3.05) is 11.3 Å². The number of pyridine rings is 1. The molecule has 10 heteroatoms. The summed E-state index contributed by atoms with van der Waals surface area (Å²) in [7, 11) is -3.84. The molecule has 3 aromatic carbocycles. The maximum absolute atomic E-state index is 13.1. The molecule has 0 fully saturated rings. The normalized spacial score (nSPS) is 11.9. The summed E-state index contributed by atoms with van der Waals surface area (Å²) >= 11 is 0. The van der Waals surface area contributed by atoms with E-state index in [1.807, 2.05) is 44.2 Å². The minimum absolute atomic E-state index is 0. The predicted molar refractivity (Wildman–Crippen MR) is 189 cm³/mol. The molecule has 0 aliphatic heterocycles. The Bertz CT molecular complexity index is 1970. The molecule has 5 rings (SSSR count). The Balaban J connectivity index is 0.00000520. The van der Waals surface area contributed by atoms with E-state index < -0.39 is 10.0 Å². The van der Waals surface area contributed by atoms with Crippen LogP contribution in [0.5, 0.6) is 5.75 Å². The molecule has 0 saturated heterocycles. The molecule has 1 N–H and O–H groups in total. The number of nitrogens with zero attached hydrogens (tertiary/aromatic N) is 4. The number of anilines is 1. The highest BCUT2D eigenvalue weighted by Crippen LogP contribution is 2.29. The van der Waals surface area contributed by atoms with Gasteiger partial charge in [0.2, 0.25) is 0 Å². The highest BCUT2D eigenvalue weighted by Gasteiger charge is 2.19. The van der Waals surface area contributed by atoms with Gasteiger partial charge >= 0.3 is 5.69 Å². The van der Waals surface area contributed by atoms with Gasteiger partial charge in [-0.05, 0) is 73.1 Å². The zero-order valence-electron chi connectivity index (χ0n) is 27.7. The Morgan fingerprint density at radius 3 is 2.17 bits per heavy atom. The van der Waals surface area contributed by atoms with Crippen LogP contribution in [0.4, 0.5) is 5.82 Å². The van der Waals surface area contributed by atoms with Gasteiger partial charge < -0.3 is 4.74 Å². The van der Waals surface area contributed by atoms with Gasteiger partial charge in [-0.3, -0.25) is 9.29 Å². The Labute approximate surface area is 278 Å². The monoisotopic (exact) mass is 655 g/mol. The molecule has 0 bridgehead atoms. The van der Waals surface area contributed by atoms with E-state index in [-0.39, 0.29) is 23.2 Å². The quantitative estimate of drug-likeness (QED) is 0.145. The van der Waals surface area contributed by atoms with Crippen LogP contribution in [0.25, 0.3) is 11.3 Å². The van der Waals surface area contributed by atoms with E-state index in [0.717, 1.165) is 35.4 Å². The van der Waals surface area contributed by atoms with E-state index in [1.54, 1.807) is 33.5 Å². The maximum atomic E-state index is 13.1. The summed E-state index contributed by atoms with van der Waals surface area (Å²) in [5.74, 6) is 1.30. The summed E-state index contributed by atoms with van der Waals surface area (Å²) in [6.45, 7) is 11.8. The third-order valence-electron chi connectivity index (χ3n) is 8.03.